The maximum Gasteiger partial charge on any atom is 0.276 e. The molecular formula is C24H28N4O4. The molecule has 0 saturated carbocycles. The van der Waals surface area contributed by atoms with Crippen molar-refractivity contribution in [2.45, 2.75) is 46.0 Å². The summed E-state index contributed by atoms with van der Waals surface area (Å²) in [6, 6.07) is 15.5. The Kier molecular flexibility index (Phi) is 7.96. The molecule has 2 aromatic carbocycles. The van der Waals surface area contributed by atoms with Crippen LogP contribution < -0.4 is 15.6 Å². The second kappa shape index (κ2) is 11.1. The van der Waals surface area contributed by atoms with E-state index in [0.717, 1.165) is 17.5 Å². The second-order valence-electron chi connectivity index (χ2n) is 7.63. The molecule has 8 heteroatoms. The molecule has 0 spiro atoms. The van der Waals surface area contributed by atoms with Gasteiger partial charge in [-0.05, 0) is 29.5 Å². The lowest BCUT2D eigenvalue weighted by Gasteiger charge is -2.11. The molecule has 0 unspecified atom stereocenters. The second-order valence-corrected chi connectivity index (χ2v) is 7.63. The Labute approximate surface area is 187 Å². The molecule has 2 N–H and O–H groups in total. The van der Waals surface area contributed by atoms with Gasteiger partial charge in [-0.25, -0.2) is 0 Å². The molecular weight excluding hydrogens is 408 g/mol. The average Bonchev–Trinajstić information content (AvgIpc) is 3.29. The van der Waals surface area contributed by atoms with Gasteiger partial charge in [0.1, 0.15) is 5.75 Å². The summed E-state index contributed by atoms with van der Waals surface area (Å²) in [4.78, 5) is 28.3. The monoisotopic (exact) mass is 436 g/mol. The third kappa shape index (κ3) is 6.41. The van der Waals surface area contributed by atoms with Crippen LogP contribution >= 0.6 is 0 Å². The third-order valence-corrected chi connectivity index (χ3v) is 4.92. The van der Waals surface area contributed by atoms with E-state index < -0.39 is 5.91 Å². The smallest absolute Gasteiger partial charge is 0.276 e. The number of para-hydroxylation sites is 1. The molecule has 0 atom stereocenters. The van der Waals surface area contributed by atoms with Crippen molar-refractivity contribution in [2.24, 2.45) is 0 Å². The number of nitrogens with zero attached hydrogens (tertiary/aromatic N) is 2. The number of amides is 2. The molecule has 3 aromatic rings. The fourth-order valence-electron chi connectivity index (χ4n) is 3.03. The molecule has 32 heavy (non-hydrogen) atoms. The SMILES string of the molecule is CCc1ccccc1OCC(=O)NNC(=O)CCc1nc(-c2ccc(C(C)C)cc2)no1. The zero-order chi connectivity index (χ0) is 22.9. The number of hydrogen-bond donors (Lipinski definition) is 2. The zero-order valence-electron chi connectivity index (χ0n) is 18.6. The van der Waals surface area contributed by atoms with Gasteiger partial charge in [0.2, 0.25) is 17.6 Å². The highest BCUT2D eigenvalue weighted by Crippen LogP contribution is 2.21. The summed E-state index contributed by atoms with van der Waals surface area (Å²) >= 11 is 0. The zero-order valence-corrected chi connectivity index (χ0v) is 18.6. The summed E-state index contributed by atoms with van der Waals surface area (Å²) in [5.41, 5.74) is 7.80. The molecule has 0 bridgehead atoms. The van der Waals surface area contributed by atoms with Crippen molar-refractivity contribution in [3.8, 4) is 17.1 Å². The first-order valence-corrected chi connectivity index (χ1v) is 10.7. The summed E-state index contributed by atoms with van der Waals surface area (Å²) in [5, 5.41) is 3.98. The largest absolute Gasteiger partial charge is 0.483 e. The molecule has 168 valence electrons. The number of ether oxygens (including phenoxy) is 1. The van der Waals surface area contributed by atoms with Gasteiger partial charge in [0.15, 0.2) is 6.61 Å². The van der Waals surface area contributed by atoms with Crippen LogP contribution in [0.3, 0.4) is 0 Å². The van der Waals surface area contributed by atoms with Gasteiger partial charge in [-0.15, -0.1) is 0 Å². The Morgan fingerprint density at radius 1 is 1.03 bits per heavy atom. The molecule has 0 aliphatic carbocycles. The van der Waals surface area contributed by atoms with E-state index in [2.05, 4.69) is 34.8 Å². The normalized spacial score (nSPS) is 10.8. The van der Waals surface area contributed by atoms with Gasteiger partial charge >= 0.3 is 0 Å². The van der Waals surface area contributed by atoms with Crippen molar-refractivity contribution in [2.75, 3.05) is 6.61 Å². The molecule has 1 aromatic heterocycles. The molecule has 0 aliphatic rings. The van der Waals surface area contributed by atoms with Crippen LogP contribution in [-0.2, 0) is 22.4 Å². The van der Waals surface area contributed by atoms with Gasteiger partial charge < -0.3 is 9.26 Å². The molecule has 1 heterocycles. The quantitative estimate of drug-likeness (QED) is 0.497. The highest BCUT2D eigenvalue weighted by molar-refractivity contribution is 5.82. The first-order valence-electron chi connectivity index (χ1n) is 10.7. The highest BCUT2D eigenvalue weighted by Gasteiger charge is 2.12. The highest BCUT2D eigenvalue weighted by atomic mass is 16.5. The van der Waals surface area contributed by atoms with Gasteiger partial charge in [-0.2, -0.15) is 4.98 Å². The molecule has 0 saturated heterocycles. The fraction of sp³-hybridized carbons (Fsp3) is 0.333. The van der Waals surface area contributed by atoms with Crippen molar-refractivity contribution in [1.29, 1.82) is 0 Å². The molecule has 3 rings (SSSR count). The van der Waals surface area contributed by atoms with Gasteiger partial charge in [-0.3, -0.25) is 20.4 Å². The Hall–Kier alpha value is -3.68. The van der Waals surface area contributed by atoms with E-state index in [-0.39, 0.29) is 25.4 Å². The molecule has 0 aliphatic heterocycles. The van der Waals surface area contributed by atoms with Crippen LogP contribution in [0.5, 0.6) is 5.75 Å². The van der Waals surface area contributed by atoms with E-state index in [1.54, 1.807) is 0 Å². The fourth-order valence-corrected chi connectivity index (χ4v) is 3.03. The first-order chi connectivity index (χ1) is 15.5. The maximum atomic E-state index is 12.0. The Bertz CT molecular complexity index is 1040. The lowest BCUT2D eigenvalue weighted by atomic mass is 10.0. The predicted molar refractivity (Wildman–Crippen MR) is 120 cm³/mol. The van der Waals surface area contributed by atoms with Gasteiger partial charge in [0.05, 0.1) is 0 Å². The summed E-state index contributed by atoms with van der Waals surface area (Å²) in [5.74, 6) is 1.12. The van der Waals surface area contributed by atoms with Gasteiger partial charge in [0, 0.05) is 18.4 Å². The van der Waals surface area contributed by atoms with Gasteiger partial charge in [0.25, 0.3) is 5.91 Å². The van der Waals surface area contributed by atoms with E-state index in [9.17, 15) is 9.59 Å². The number of hydrogen-bond acceptors (Lipinski definition) is 6. The molecule has 0 fully saturated rings. The number of hydrazine groups is 1. The van der Waals surface area contributed by atoms with Crippen LogP contribution in [-0.4, -0.2) is 28.6 Å². The molecule has 0 radical (unpaired) electrons. The Balaban J connectivity index is 1.41. The van der Waals surface area contributed by atoms with E-state index in [1.165, 1.54) is 5.56 Å². The summed E-state index contributed by atoms with van der Waals surface area (Å²) in [6.45, 7) is 6.08. The van der Waals surface area contributed by atoms with Crippen LogP contribution in [0.25, 0.3) is 11.4 Å². The van der Waals surface area contributed by atoms with E-state index in [0.29, 0.717) is 23.4 Å². The van der Waals surface area contributed by atoms with Crippen molar-refractivity contribution in [3.63, 3.8) is 0 Å². The lowest BCUT2D eigenvalue weighted by molar-refractivity contribution is -0.130. The minimum Gasteiger partial charge on any atom is -0.483 e. The standard InChI is InChI=1S/C24H28N4O4/c1-4-17-7-5-6-8-20(17)31-15-22(30)27-26-21(29)13-14-23-25-24(28-32-23)19-11-9-18(10-12-19)16(2)3/h5-12,16H,4,13-15H2,1-3H3,(H,26,29)(H,27,30). The summed E-state index contributed by atoms with van der Waals surface area (Å²) in [6.07, 6.45) is 1.15. The third-order valence-electron chi connectivity index (χ3n) is 4.92. The van der Waals surface area contributed by atoms with Crippen molar-refractivity contribution < 1.29 is 18.8 Å². The number of rotatable bonds is 9. The lowest BCUT2D eigenvalue weighted by Crippen LogP contribution is -2.43. The van der Waals surface area contributed by atoms with E-state index in [4.69, 9.17) is 9.26 Å². The number of carbonyl (C=O) groups is 2. The minimum atomic E-state index is -0.450. The average molecular weight is 437 g/mol. The van der Waals surface area contributed by atoms with Crippen LogP contribution in [0.4, 0.5) is 0 Å². The number of aryl methyl sites for hydroxylation is 2. The minimum absolute atomic E-state index is 0.0910. The van der Waals surface area contributed by atoms with Crippen molar-refractivity contribution in [1.82, 2.24) is 21.0 Å². The first kappa shape index (κ1) is 23.0. The number of carbonyl (C=O) groups excluding carboxylic acids is 2. The van der Waals surface area contributed by atoms with Gasteiger partial charge in [-0.1, -0.05) is 68.4 Å². The van der Waals surface area contributed by atoms with Crippen LogP contribution in [0.2, 0.25) is 0 Å². The Morgan fingerprint density at radius 2 is 1.75 bits per heavy atom. The van der Waals surface area contributed by atoms with E-state index in [1.807, 2.05) is 55.5 Å². The maximum absolute atomic E-state index is 12.0. The van der Waals surface area contributed by atoms with Crippen LogP contribution in [0.1, 0.15) is 50.1 Å². The Morgan fingerprint density at radius 3 is 2.47 bits per heavy atom. The summed E-state index contributed by atoms with van der Waals surface area (Å²) in [7, 11) is 0. The van der Waals surface area contributed by atoms with Crippen LogP contribution in [0, 0.1) is 0 Å². The molecule has 8 nitrogen and oxygen atoms in total. The molecule has 2 amide bonds. The summed E-state index contributed by atoms with van der Waals surface area (Å²) < 4.78 is 10.8. The number of aromatic nitrogens is 2. The topological polar surface area (TPSA) is 106 Å². The van der Waals surface area contributed by atoms with Crippen LogP contribution in [0.15, 0.2) is 53.1 Å². The van der Waals surface area contributed by atoms with E-state index >= 15 is 0 Å². The van der Waals surface area contributed by atoms with Crippen molar-refractivity contribution >= 4 is 11.8 Å². The number of benzene rings is 2. The number of nitrogens with one attached hydrogen (secondary N) is 2. The van der Waals surface area contributed by atoms with Crippen molar-refractivity contribution in [3.05, 3.63) is 65.5 Å². The predicted octanol–water partition coefficient (Wildman–Crippen LogP) is 3.58.